The van der Waals surface area contributed by atoms with Crippen LogP contribution >= 0.6 is 11.6 Å². The Morgan fingerprint density at radius 3 is 2.58 bits per heavy atom. The van der Waals surface area contributed by atoms with Crippen LogP contribution in [0.15, 0.2) is 30.3 Å². The molecule has 100 valence electrons. The van der Waals surface area contributed by atoms with E-state index in [9.17, 15) is 0 Å². The van der Waals surface area contributed by atoms with Crippen LogP contribution < -0.4 is 10.1 Å². The molecule has 0 saturated carbocycles. The second kappa shape index (κ2) is 6.38. The van der Waals surface area contributed by atoms with Gasteiger partial charge in [0.05, 0.1) is 0 Å². The molecular weight excluding hydrogens is 262 g/mol. The second-order valence-electron chi connectivity index (χ2n) is 4.06. The van der Waals surface area contributed by atoms with Gasteiger partial charge in [-0.2, -0.15) is 4.98 Å². The quantitative estimate of drug-likeness (QED) is 0.900. The molecule has 1 N–H and O–H groups in total. The predicted octanol–water partition coefficient (Wildman–Crippen LogP) is 3.92. The van der Waals surface area contributed by atoms with Gasteiger partial charge in [-0.3, -0.25) is 0 Å². The highest BCUT2D eigenvalue weighted by Crippen LogP contribution is 2.23. The first-order chi connectivity index (χ1) is 9.21. The molecule has 0 atom stereocenters. The average Bonchev–Trinajstić information content (AvgIpc) is 2.41. The van der Waals surface area contributed by atoms with Crippen LogP contribution in [0.1, 0.15) is 19.2 Å². The van der Waals surface area contributed by atoms with Gasteiger partial charge < -0.3 is 10.1 Å². The van der Waals surface area contributed by atoms with Gasteiger partial charge in [0.2, 0.25) is 5.88 Å². The van der Waals surface area contributed by atoms with Gasteiger partial charge in [0.15, 0.2) is 0 Å². The van der Waals surface area contributed by atoms with Crippen LogP contribution in [0.5, 0.6) is 11.6 Å². The maximum Gasteiger partial charge on any atom is 0.224 e. The highest BCUT2D eigenvalue weighted by Gasteiger charge is 2.05. The summed E-state index contributed by atoms with van der Waals surface area (Å²) in [6.07, 6.45) is 1.82. The third-order valence-corrected chi connectivity index (χ3v) is 2.77. The highest BCUT2D eigenvalue weighted by atomic mass is 35.5. The Balaban J connectivity index is 2.23. The number of anilines is 1. The third-order valence-electron chi connectivity index (χ3n) is 2.51. The zero-order valence-electron chi connectivity index (χ0n) is 11.0. The second-order valence-corrected chi connectivity index (χ2v) is 4.50. The summed E-state index contributed by atoms with van der Waals surface area (Å²) in [7, 11) is 1.82. The SMILES string of the molecule is CCCc1nc(NC)cc(Oc2ccc(Cl)cc2)n1. The molecule has 0 aliphatic rings. The summed E-state index contributed by atoms with van der Waals surface area (Å²) in [6, 6.07) is 8.95. The van der Waals surface area contributed by atoms with Gasteiger partial charge in [-0.15, -0.1) is 0 Å². The molecule has 1 aromatic heterocycles. The maximum absolute atomic E-state index is 5.84. The first-order valence-corrected chi connectivity index (χ1v) is 6.58. The van der Waals surface area contributed by atoms with Gasteiger partial charge in [0.25, 0.3) is 0 Å². The molecule has 0 bridgehead atoms. The molecule has 0 saturated heterocycles. The minimum Gasteiger partial charge on any atom is -0.439 e. The average molecular weight is 278 g/mol. The number of aryl methyl sites for hydroxylation is 1. The molecule has 0 aliphatic carbocycles. The summed E-state index contributed by atoms with van der Waals surface area (Å²) in [5, 5.41) is 3.69. The number of rotatable bonds is 5. The molecule has 1 heterocycles. The molecule has 0 spiro atoms. The zero-order chi connectivity index (χ0) is 13.7. The zero-order valence-corrected chi connectivity index (χ0v) is 11.7. The van der Waals surface area contributed by atoms with Crippen molar-refractivity contribution >= 4 is 17.4 Å². The molecule has 0 amide bonds. The molecule has 0 fully saturated rings. The largest absolute Gasteiger partial charge is 0.439 e. The van der Waals surface area contributed by atoms with Crippen LogP contribution in [0.25, 0.3) is 0 Å². The van der Waals surface area contributed by atoms with Crippen LogP contribution in [0, 0.1) is 0 Å². The molecule has 5 heteroatoms. The minimum absolute atomic E-state index is 0.533. The molecule has 2 rings (SSSR count). The van der Waals surface area contributed by atoms with E-state index in [-0.39, 0.29) is 0 Å². The summed E-state index contributed by atoms with van der Waals surface area (Å²) in [5.41, 5.74) is 0. The lowest BCUT2D eigenvalue weighted by Gasteiger charge is -2.08. The summed E-state index contributed by atoms with van der Waals surface area (Å²) in [4.78, 5) is 8.76. The van der Waals surface area contributed by atoms with Gasteiger partial charge in [-0.05, 0) is 30.7 Å². The van der Waals surface area contributed by atoms with E-state index in [0.717, 1.165) is 24.5 Å². The molecule has 0 radical (unpaired) electrons. The van der Waals surface area contributed by atoms with Gasteiger partial charge in [0, 0.05) is 24.6 Å². The fourth-order valence-electron chi connectivity index (χ4n) is 1.61. The van der Waals surface area contributed by atoms with E-state index in [0.29, 0.717) is 16.7 Å². The molecule has 0 aliphatic heterocycles. The fourth-order valence-corrected chi connectivity index (χ4v) is 1.74. The number of benzene rings is 1. The number of nitrogens with zero attached hydrogens (tertiary/aromatic N) is 2. The van der Waals surface area contributed by atoms with E-state index in [1.54, 1.807) is 18.2 Å². The summed E-state index contributed by atoms with van der Waals surface area (Å²) >= 11 is 5.84. The Morgan fingerprint density at radius 2 is 1.95 bits per heavy atom. The van der Waals surface area contributed by atoms with E-state index in [4.69, 9.17) is 16.3 Å². The number of nitrogens with one attached hydrogen (secondary N) is 1. The smallest absolute Gasteiger partial charge is 0.224 e. The van der Waals surface area contributed by atoms with E-state index in [2.05, 4.69) is 22.2 Å². The van der Waals surface area contributed by atoms with Crippen molar-refractivity contribution in [2.45, 2.75) is 19.8 Å². The van der Waals surface area contributed by atoms with Crippen molar-refractivity contribution in [2.75, 3.05) is 12.4 Å². The molecule has 0 unspecified atom stereocenters. The Kier molecular flexibility index (Phi) is 4.58. The molecule has 4 nitrogen and oxygen atoms in total. The summed E-state index contributed by atoms with van der Waals surface area (Å²) < 4.78 is 5.71. The highest BCUT2D eigenvalue weighted by molar-refractivity contribution is 6.30. The van der Waals surface area contributed by atoms with Crippen LogP contribution in [-0.2, 0) is 6.42 Å². The van der Waals surface area contributed by atoms with Crippen LogP contribution in [0.3, 0.4) is 0 Å². The number of hydrogen-bond acceptors (Lipinski definition) is 4. The van der Waals surface area contributed by atoms with Gasteiger partial charge in [-0.25, -0.2) is 4.98 Å². The Labute approximate surface area is 117 Å². The van der Waals surface area contributed by atoms with Crippen molar-refractivity contribution in [1.82, 2.24) is 9.97 Å². The third kappa shape index (κ3) is 3.83. The lowest BCUT2D eigenvalue weighted by atomic mass is 10.3. The van der Waals surface area contributed by atoms with E-state index in [1.165, 1.54) is 0 Å². The number of halogens is 1. The lowest BCUT2D eigenvalue weighted by molar-refractivity contribution is 0.458. The first-order valence-electron chi connectivity index (χ1n) is 6.20. The number of hydrogen-bond donors (Lipinski definition) is 1. The standard InChI is InChI=1S/C14H16ClN3O/c1-3-4-12-17-13(16-2)9-14(18-12)19-11-7-5-10(15)6-8-11/h5-9H,3-4H2,1-2H3,(H,16,17,18). The summed E-state index contributed by atoms with van der Waals surface area (Å²) in [6.45, 7) is 2.09. The Hall–Kier alpha value is -1.81. The predicted molar refractivity (Wildman–Crippen MR) is 77.1 cm³/mol. The van der Waals surface area contributed by atoms with Crippen LogP contribution in [0.2, 0.25) is 5.02 Å². The van der Waals surface area contributed by atoms with Gasteiger partial charge in [-0.1, -0.05) is 18.5 Å². The van der Waals surface area contributed by atoms with Gasteiger partial charge in [0.1, 0.15) is 17.4 Å². The normalized spacial score (nSPS) is 10.3. The molecule has 19 heavy (non-hydrogen) atoms. The van der Waals surface area contributed by atoms with Crippen LogP contribution in [0.4, 0.5) is 5.82 Å². The summed E-state index contributed by atoms with van der Waals surface area (Å²) in [5.74, 6) is 2.76. The van der Waals surface area contributed by atoms with Crippen molar-refractivity contribution in [3.63, 3.8) is 0 Å². The fraction of sp³-hybridized carbons (Fsp3) is 0.286. The van der Waals surface area contributed by atoms with E-state index < -0.39 is 0 Å². The van der Waals surface area contributed by atoms with Crippen LogP contribution in [-0.4, -0.2) is 17.0 Å². The van der Waals surface area contributed by atoms with E-state index in [1.807, 2.05) is 19.2 Å². The topological polar surface area (TPSA) is 47.0 Å². The monoisotopic (exact) mass is 277 g/mol. The first kappa shape index (κ1) is 13.6. The van der Waals surface area contributed by atoms with E-state index >= 15 is 0 Å². The molecule has 1 aromatic carbocycles. The number of aromatic nitrogens is 2. The van der Waals surface area contributed by atoms with Crippen molar-refractivity contribution in [3.8, 4) is 11.6 Å². The maximum atomic E-state index is 5.84. The molecule has 2 aromatic rings. The van der Waals surface area contributed by atoms with Crippen molar-refractivity contribution in [1.29, 1.82) is 0 Å². The van der Waals surface area contributed by atoms with Crippen molar-refractivity contribution < 1.29 is 4.74 Å². The van der Waals surface area contributed by atoms with Crippen molar-refractivity contribution in [3.05, 3.63) is 41.2 Å². The minimum atomic E-state index is 0.533. The van der Waals surface area contributed by atoms with Crippen molar-refractivity contribution in [2.24, 2.45) is 0 Å². The number of ether oxygens (including phenoxy) is 1. The Bertz CT molecular complexity index is 543. The lowest BCUT2D eigenvalue weighted by Crippen LogP contribution is -2.01. The molecular formula is C14H16ClN3O. The van der Waals surface area contributed by atoms with Gasteiger partial charge >= 0.3 is 0 Å². The Morgan fingerprint density at radius 1 is 1.21 bits per heavy atom.